The zero-order valence-electron chi connectivity index (χ0n) is 19.4. The molecule has 1 fully saturated rings. The number of rotatable bonds is 7. The van der Waals surface area contributed by atoms with Crippen LogP contribution in [0, 0.1) is 18.9 Å². The molecule has 0 atom stereocenters. The molecule has 1 aliphatic rings. The van der Waals surface area contributed by atoms with E-state index in [0.717, 1.165) is 22.4 Å². The SMILES string of the molecule is [C-]#[N+]c1ccc(Cn2cncc2CC(=O)N2CCC(Cc3cccc(C)c3)(C(N)=O)CC2)cc1. The van der Waals surface area contributed by atoms with Gasteiger partial charge in [-0.05, 0) is 37.3 Å². The predicted octanol–water partition coefficient (Wildman–Crippen LogP) is 3.67. The van der Waals surface area contributed by atoms with Crippen LogP contribution in [0.4, 0.5) is 5.69 Å². The highest BCUT2D eigenvalue weighted by molar-refractivity contribution is 5.82. The Kier molecular flexibility index (Phi) is 6.78. The van der Waals surface area contributed by atoms with E-state index < -0.39 is 5.41 Å². The second-order valence-electron chi connectivity index (χ2n) is 9.16. The number of piperidine rings is 1. The fraction of sp³-hybridized carbons (Fsp3) is 0.333. The monoisotopic (exact) mass is 455 g/mol. The van der Waals surface area contributed by atoms with E-state index in [0.29, 0.717) is 44.6 Å². The van der Waals surface area contributed by atoms with Crippen LogP contribution in [0.2, 0.25) is 0 Å². The van der Waals surface area contributed by atoms with Gasteiger partial charge in [0.1, 0.15) is 0 Å². The molecule has 1 aromatic heterocycles. The van der Waals surface area contributed by atoms with Crippen molar-refractivity contribution < 1.29 is 9.59 Å². The van der Waals surface area contributed by atoms with Crippen molar-refractivity contribution in [3.8, 4) is 0 Å². The van der Waals surface area contributed by atoms with E-state index in [-0.39, 0.29) is 18.2 Å². The van der Waals surface area contributed by atoms with Crippen molar-refractivity contribution in [2.45, 2.75) is 39.2 Å². The Balaban J connectivity index is 1.38. The lowest BCUT2D eigenvalue weighted by Gasteiger charge is -2.40. The molecule has 0 bridgehead atoms. The number of imidazole rings is 1. The van der Waals surface area contributed by atoms with Crippen LogP contribution in [-0.2, 0) is 29.0 Å². The summed E-state index contributed by atoms with van der Waals surface area (Å²) in [6.45, 7) is 10.7. The highest BCUT2D eigenvalue weighted by Crippen LogP contribution is 2.35. The fourth-order valence-corrected chi connectivity index (χ4v) is 4.68. The van der Waals surface area contributed by atoms with Gasteiger partial charge in [-0.25, -0.2) is 9.83 Å². The lowest BCUT2D eigenvalue weighted by Crippen LogP contribution is -2.50. The van der Waals surface area contributed by atoms with Crippen LogP contribution in [0.15, 0.2) is 61.1 Å². The highest BCUT2D eigenvalue weighted by atomic mass is 16.2. The van der Waals surface area contributed by atoms with Gasteiger partial charge in [0.05, 0.1) is 24.7 Å². The highest BCUT2D eigenvalue weighted by Gasteiger charge is 2.41. The molecule has 1 aliphatic heterocycles. The Morgan fingerprint density at radius 1 is 1.12 bits per heavy atom. The second-order valence-corrected chi connectivity index (χ2v) is 9.16. The first-order chi connectivity index (χ1) is 16.4. The molecule has 2 aromatic carbocycles. The number of benzene rings is 2. The number of carbonyl (C=O) groups is 2. The maximum Gasteiger partial charge on any atom is 0.228 e. The standard InChI is InChI=1S/C27H29N5O2/c1-20-4-3-5-22(14-20)16-27(26(28)34)10-12-31(13-11-27)25(33)15-24-17-30-19-32(24)18-21-6-8-23(29-2)9-7-21/h3-9,14,17,19H,10-13,15-16,18H2,1H3,(H2,28,34). The van der Waals surface area contributed by atoms with E-state index >= 15 is 0 Å². The molecule has 0 spiro atoms. The van der Waals surface area contributed by atoms with Gasteiger partial charge in [0, 0.05) is 31.5 Å². The summed E-state index contributed by atoms with van der Waals surface area (Å²) in [5.74, 6) is -0.262. The lowest BCUT2D eigenvalue weighted by molar-refractivity contribution is -0.138. The molecule has 0 unspecified atom stereocenters. The van der Waals surface area contributed by atoms with Crippen molar-refractivity contribution in [3.05, 3.63) is 94.9 Å². The van der Waals surface area contributed by atoms with Crippen molar-refractivity contribution in [1.82, 2.24) is 14.5 Å². The van der Waals surface area contributed by atoms with Crippen LogP contribution >= 0.6 is 0 Å². The van der Waals surface area contributed by atoms with Crippen LogP contribution in [0.1, 0.15) is 35.2 Å². The maximum absolute atomic E-state index is 13.1. The van der Waals surface area contributed by atoms with Crippen LogP contribution in [0.25, 0.3) is 4.85 Å². The van der Waals surface area contributed by atoms with Gasteiger partial charge < -0.3 is 15.2 Å². The van der Waals surface area contributed by atoms with Crippen LogP contribution in [0.3, 0.4) is 0 Å². The summed E-state index contributed by atoms with van der Waals surface area (Å²) < 4.78 is 1.96. The summed E-state index contributed by atoms with van der Waals surface area (Å²) >= 11 is 0. The number of nitrogens with two attached hydrogens (primary N) is 1. The summed E-state index contributed by atoms with van der Waals surface area (Å²) in [5, 5.41) is 0. The fourth-order valence-electron chi connectivity index (χ4n) is 4.68. The Bertz CT molecular complexity index is 1210. The zero-order chi connectivity index (χ0) is 24.1. The van der Waals surface area contributed by atoms with Gasteiger partial charge in [-0.1, -0.05) is 54.1 Å². The smallest absolute Gasteiger partial charge is 0.228 e. The first-order valence-corrected chi connectivity index (χ1v) is 11.5. The predicted molar refractivity (Wildman–Crippen MR) is 130 cm³/mol. The van der Waals surface area contributed by atoms with Crippen molar-refractivity contribution in [3.63, 3.8) is 0 Å². The Hall–Kier alpha value is -3.92. The van der Waals surface area contributed by atoms with Crippen molar-refractivity contribution in [1.29, 1.82) is 0 Å². The summed E-state index contributed by atoms with van der Waals surface area (Å²) in [5.41, 5.74) is 9.98. The summed E-state index contributed by atoms with van der Waals surface area (Å²) in [6.07, 6.45) is 5.43. The molecular formula is C27H29N5O2. The lowest BCUT2D eigenvalue weighted by atomic mass is 9.73. The summed E-state index contributed by atoms with van der Waals surface area (Å²) in [6, 6.07) is 15.6. The normalized spacial score (nSPS) is 15.0. The minimum atomic E-state index is -0.621. The van der Waals surface area contributed by atoms with Gasteiger partial charge >= 0.3 is 0 Å². The number of primary amides is 1. The molecule has 0 radical (unpaired) electrons. The van der Waals surface area contributed by atoms with Crippen molar-refractivity contribution >= 4 is 17.5 Å². The molecule has 0 saturated carbocycles. The summed E-state index contributed by atoms with van der Waals surface area (Å²) in [7, 11) is 0. The first-order valence-electron chi connectivity index (χ1n) is 11.5. The third-order valence-electron chi connectivity index (χ3n) is 6.77. The summed E-state index contributed by atoms with van der Waals surface area (Å²) in [4.78, 5) is 35.0. The van der Waals surface area contributed by atoms with Crippen LogP contribution in [-0.4, -0.2) is 39.4 Å². The molecule has 7 nitrogen and oxygen atoms in total. The van der Waals surface area contributed by atoms with E-state index in [4.69, 9.17) is 12.3 Å². The number of carbonyl (C=O) groups excluding carboxylic acids is 2. The third-order valence-corrected chi connectivity index (χ3v) is 6.77. The van der Waals surface area contributed by atoms with Crippen molar-refractivity contribution in [2.75, 3.05) is 13.1 Å². The molecule has 34 heavy (non-hydrogen) atoms. The molecule has 2 heterocycles. The molecule has 174 valence electrons. The Morgan fingerprint density at radius 2 is 1.85 bits per heavy atom. The topological polar surface area (TPSA) is 85.6 Å². The average Bonchev–Trinajstić information content (AvgIpc) is 3.26. The van der Waals surface area contributed by atoms with E-state index in [1.165, 1.54) is 0 Å². The largest absolute Gasteiger partial charge is 0.369 e. The second kappa shape index (κ2) is 9.92. The number of amides is 2. The molecule has 2 amide bonds. The van der Waals surface area contributed by atoms with Crippen LogP contribution < -0.4 is 5.73 Å². The van der Waals surface area contributed by atoms with Gasteiger partial charge in [0.15, 0.2) is 5.69 Å². The first kappa shape index (κ1) is 23.2. The molecule has 3 aromatic rings. The average molecular weight is 456 g/mol. The zero-order valence-corrected chi connectivity index (χ0v) is 19.4. The number of hydrogen-bond donors (Lipinski definition) is 1. The van der Waals surface area contributed by atoms with E-state index in [1.807, 2.05) is 46.7 Å². The van der Waals surface area contributed by atoms with Gasteiger partial charge in [0.2, 0.25) is 11.8 Å². The van der Waals surface area contributed by atoms with Crippen molar-refractivity contribution in [2.24, 2.45) is 11.1 Å². The van der Waals surface area contributed by atoms with Gasteiger partial charge in [-0.3, -0.25) is 9.59 Å². The number of hydrogen-bond acceptors (Lipinski definition) is 3. The number of likely N-dealkylation sites (tertiary alicyclic amines) is 1. The number of nitrogens with zero attached hydrogens (tertiary/aromatic N) is 4. The number of aryl methyl sites for hydroxylation is 1. The molecule has 7 heteroatoms. The molecular weight excluding hydrogens is 426 g/mol. The molecule has 2 N–H and O–H groups in total. The van der Waals surface area contributed by atoms with E-state index in [2.05, 4.69) is 15.9 Å². The van der Waals surface area contributed by atoms with E-state index in [1.54, 1.807) is 24.7 Å². The van der Waals surface area contributed by atoms with Crippen LogP contribution in [0.5, 0.6) is 0 Å². The van der Waals surface area contributed by atoms with E-state index in [9.17, 15) is 9.59 Å². The third kappa shape index (κ3) is 5.18. The molecule has 0 aliphatic carbocycles. The Morgan fingerprint density at radius 3 is 2.50 bits per heavy atom. The molecule has 4 rings (SSSR count). The maximum atomic E-state index is 13.1. The number of aromatic nitrogens is 2. The molecule has 1 saturated heterocycles. The minimum Gasteiger partial charge on any atom is -0.369 e. The van der Waals surface area contributed by atoms with Gasteiger partial charge in [0.25, 0.3) is 0 Å². The minimum absolute atomic E-state index is 0.0266. The quantitative estimate of drug-likeness (QED) is 0.552. The van der Waals surface area contributed by atoms with Gasteiger partial charge in [-0.2, -0.15) is 0 Å². The van der Waals surface area contributed by atoms with Gasteiger partial charge in [-0.15, -0.1) is 0 Å². The Labute approximate surface area is 200 Å².